The number of hydrogen-bond acceptors (Lipinski definition) is 1. The number of aliphatic hydroxyl groups excluding tert-OH is 1. The van der Waals surface area contributed by atoms with Crippen LogP contribution in [0.4, 0.5) is 0 Å². The standard InChI is InChI=1S/C8H17OP/c9-5-7-1-3-8(6-10)4-2-7/h7-9H,1-6,10H2. The van der Waals surface area contributed by atoms with E-state index < -0.39 is 0 Å². The van der Waals surface area contributed by atoms with Crippen LogP contribution in [0.2, 0.25) is 0 Å². The van der Waals surface area contributed by atoms with Crippen LogP contribution < -0.4 is 0 Å². The normalized spacial score (nSPS) is 34.2. The third-order valence-electron chi connectivity index (χ3n) is 2.56. The van der Waals surface area contributed by atoms with E-state index in [1.165, 1.54) is 31.8 Å². The second-order valence-electron chi connectivity index (χ2n) is 3.31. The maximum Gasteiger partial charge on any atom is 0.0459 e. The average Bonchev–Trinajstić information content (AvgIpc) is 2.05. The fourth-order valence-electron chi connectivity index (χ4n) is 1.65. The van der Waals surface area contributed by atoms with Crippen molar-refractivity contribution in [3.8, 4) is 0 Å². The smallest absolute Gasteiger partial charge is 0.0459 e. The van der Waals surface area contributed by atoms with E-state index in [0.717, 1.165) is 5.92 Å². The Morgan fingerprint density at radius 1 is 1.10 bits per heavy atom. The highest BCUT2D eigenvalue weighted by atomic mass is 31.0. The number of aliphatic hydroxyl groups is 1. The molecule has 1 unspecified atom stereocenters. The molecule has 1 aliphatic rings. The van der Waals surface area contributed by atoms with E-state index in [9.17, 15) is 0 Å². The Balaban J connectivity index is 2.17. The van der Waals surface area contributed by atoms with Crippen molar-refractivity contribution in [2.75, 3.05) is 12.8 Å². The molecule has 1 aliphatic carbocycles. The molecule has 1 atom stereocenters. The molecular weight excluding hydrogens is 143 g/mol. The fourth-order valence-corrected chi connectivity index (χ4v) is 2.12. The maximum atomic E-state index is 8.84. The molecule has 0 bridgehead atoms. The largest absolute Gasteiger partial charge is 0.396 e. The maximum absolute atomic E-state index is 8.84. The zero-order valence-electron chi connectivity index (χ0n) is 6.42. The van der Waals surface area contributed by atoms with Crippen molar-refractivity contribution < 1.29 is 5.11 Å². The molecule has 0 aromatic carbocycles. The minimum atomic E-state index is 0.406. The van der Waals surface area contributed by atoms with E-state index in [1.807, 2.05) is 0 Å². The monoisotopic (exact) mass is 160 g/mol. The van der Waals surface area contributed by atoms with Crippen LogP contribution >= 0.6 is 9.24 Å². The molecule has 0 spiro atoms. The summed E-state index contributed by atoms with van der Waals surface area (Å²) in [6.07, 6.45) is 6.40. The lowest BCUT2D eigenvalue weighted by Crippen LogP contribution is -2.17. The van der Waals surface area contributed by atoms with Crippen LogP contribution in [-0.4, -0.2) is 17.9 Å². The Morgan fingerprint density at radius 2 is 1.60 bits per heavy atom. The molecule has 1 saturated carbocycles. The summed E-state index contributed by atoms with van der Waals surface area (Å²) in [4.78, 5) is 0. The van der Waals surface area contributed by atoms with Crippen molar-refractivity contribution in [1.82, 2.24) is 0 Å². The van der Waals surface area contributed by atoms with E-state index in [4.69, 9.17) is 5.11 Å². The first-order chi connectivity index (χ1) is 4.86. The summed E-state index contributed by atoms with van der Waals surface area (Å²) in [6.45, 7) is 0.406. The molecular formula is C8H17OP. The minimum Gasteiger partial charge on any atom is -0.396 e. The summed E-state index contributed by atoms with van der Waals surface area (Å²) in [5.41, 5.74) is 0. The van der Waals surface area contributed by atoms with Gasteiger partial charge < -0.3 is 5.11 Å². The SMILES string of the molecule is OCC1CCC(CP)CC1. The quantitative estimate of drug-likeness (QED) is 0.609. The van der Waals surface area contributed by atoms with Crippen LogP contribution in [0, 0.1) is 11.8 Å². The molecule has 1 N–H and O–H groups in total. The van der Waals surface area contributed by atoms with Gasteiger partial charge in [0.2, 0.25) is 0 Å². The van der Waals surface area contributed by atoms with Gasteiger partial charge in [0.25, 0.3) is 0 Å². The van der Waals surface area contributed by atoms with Gasteiger partial charge >= 0.3 is 0 Å². The Hall–Kier alpha value is 0.390. The van der Waals surface area contributed by atoms with Crippen LogP contribution in [0.3, 0.4) is 0 Å². The molecule has 10 heavy (non-hydrogen) atoms. The molecule has 0 aliphatic heterocycles. The van der Waals surface area contributed by atoms with Gasteiger partial charge in [-0.25, -0.2) is 0 Å². The van der Waals surface area contributed by atoms with Crippen molar-refractivity contribution >= 4 is 9.24 Å². The summed E-state index contributed by atoms with van der Waals surface area (Å²) in [5.74, 6) is 1.54. The fraction of sp³-hybridized carbons (Fsp3) is 1.00. The van der Waals surface area contributed by atoms with Gasteiger partial charge in [0.05, 0.1) is 0 Å². The Bertz CT molecular complexity index is 75.3. The molecule has 0 amide bonds. The molecule has 1 nitrogen and oxygen atoms in total. The van der Waals surface area contributed by atoms with Gasteiger partial charge in [-0.3, -0.25) is 0 Å². The predicted molar refractivity (Wildman–Crippen MR) is 47.1 cm³/mol. The summed E-state index contributed by atoms with van der Waals surface area (Å²) in [6, 6.07) is 0. The van der Waals surface area contributed by atoms with E-state index in [2.05, 4.69) is 9.24 Å². The highest BCUT2D eigenvalue weighted by Crippen LogP contribution is 2.29. The summed E-state index contributed by atoms with van der Waals surface area (Å²) in [7, 11) is 2.81. The van der Waals surface area contributed by atoms with Crippen LogP contribution in [0.15, 0.2) is 0 Å². The molecule has 60 valence electrons. The van der Waals surface area contributed by atoms with Crippen molar-refractivity contribution in [2.45, 2.75) is 25.7 Å². The van der Waals surface area contributed by atoms with Crippen molar-refractivity contribution in [1.29, 1.82) is 0 Å². The third-order valence-corrected chi connectivity index (χ3v) is 3.22. The molecule has 1 rings (SSSR count). The second kappa shape index (κ2) is 4.31. The molecule has 2 heteroatoms. The Labute approximate surface area is 65.4 Å². The van der Waals surface area contributed by atoms with Gasteiger partial charge in [-0.2, -0.15) is 0 Å². The molecule has 1 fully saturated rings. The van der Waals surface area contributed by atoms with Gasteiger partial charge in [-0.1, -0.05) is 0 Å². The molecule has 0 aromatic rings. The zero-order valence-corrected chi connectivity index (χ0v) is 7.58. The molecule has 0 radical (unpaired) electrons. The topological polar surface area (TPSA) is 20.2 Å². The number of rotatable bonds is 2. The summed E-state index contributed by atoms with van der Waals surface area (Å²) >= 11 is 0. The lowest BCUT2D eigenvalue weighted by atomic mass is 9.83. The third kappa shape index (κ3) is 2.21. The minimum absolute atomic E-state index is 0.406. The van der Waals surface area contributed by atoms with E-state index in [-0.39, 0.29) is 0 Å². The summed E-state index contributed by atoms with van der Waals surface area (Å²) in [5, 5.41) is 8.84. The molecule has 0 saturated heterocycles. The zero-order chi connectivity index (χ0) is 7.40. The molecule has 0 aromatic heterocycles. The highest BCUT2D eigenvalue weighted by Gasteiger charge is 2.18. The first kappa shape index (κ1) is 8.49. The van der Waals surface area contributed by atoms with Crippen LogP contribution in [-0.2, 0) is 0 Å². The van der Waals surface area contributed by atoms with Crippen LogP contribution in [0.1, 0.15) is 25.7 Å². The van der Waals surface area contributed by atoms with Crippen LogP contribution in [0.25, 0.3) is 0 Å². The van der Waals surface area contributed by atoms with Gasteiger partial charge in [-0.15, -0.1) is 9.24 Å². The van der Waals surface area contributed by atoms with E-state index in [0.29, 0.717) is 12.5 Å². The molecule has 0 heterocycles. The van der Waals surface area contributed by atoms with Gasteiger partial charge in [0.1, 0.15) is 0 Å². The second-order valence-corrected chi connectivity index (χ2v) is 3.78. The first-order valence-corrected chi connectivity index (χ1v) is 4.99. The van der Waals surface area contributed by atoms with E-state index in [1.54, 1.807) is 0 Å². The van der Waals surface area contributed by atoms with Crippen molar-refractivity contribution in [3.05, 3.63) is 0 Å². The first-order valence-electron chi connectivity index (χ1n) is 4.17. The number of hydrogen-bond donors (Lipinski definition) is 1. The average molecular weight is 160 g/mol. The van der Waals surface area contributed by atoms with Gasteiger partial charge in [-0.05, 0) is 43.7 Å². The van der Waals surface area contributed by atoms with Crippen LogP contribution in [0.5, 0.6) is 0 Å². The van der Waals surface area contributed by atoms with E-state index >= 15 is 0 Å². The van der Waals surface area contributed by atoms with Gasteiger partial charge in [0.15, 0.2) is 0 Å². The lowest BCUT2D eigenvalue weighted by molar-refractivity contribution is 0.173. The Morgan fingerprint density at radius 3 is 2.00 bits per heavy atom. The lowest BCUT2D eigenvalue weighted by Gasteiger charge is -2.25. The predicted octanol–water partition coefficient (Wildman–Crippen LogP) is 1.66. The van der Waals surface area contributed by atoms with Gasteiger partial charge in [0, 0.05) is 6.61 Å². The van der Waals surface area contributed by atoms with Crippen molar-refractivity contribution in [2.24, 2.45) is 11.8 Å². The highest BCUT2D eigenvalue weighted by molar-refractivity contribution is 7.16. The van der Waals surface area contributed by atoms with Crippen molar-refractivity contribution in [3.63, 3.8) is 0 Å². The Kier molecular flexibility index (Phi) is 3.65. The summed E-state index contributed by atoms with van der Waals surface area (Å²) < 4.78 is 0.